The molecule has 0 aromatic carbocycles. The van der Waals surface area contributed by atoms with Crippen molar-refractivity contribution in [3.63, 3.8) is 0 Å². The summed E-state index contributed by atoms with van der Waals surface area (Å²) in [4.78, 5) is 13.9. The number of aromatic nitrogens is 2. The van der Waals surface area contributed by atoms with Gasteiger partial charge in [-0.05, 0) is 19.3 Å². The first-order valence-electron chi connectivity index (χ1n) is 7.72. The van der Waals surface area contributed by atoms with Crippen LogP contribution in [-0.2, 0) is 4.79 Å². The Labute approximate surface area is 120 Å². The van der Waals surface area contributed by atoms with Gasteiger partial charge in [0.05, 0.1) is 0 Å². The largest absolute Gasteiger partial charge is 0.425 e. The van der Waals surface area contributed by atoms with Gasteiger partial charge in [0.1, 0.15) is 0 Å². The topological polar surface area (TPSA) is 59.2 Å². The molecule has 1 fully saturated rings. The quantitative estimate of drug-likeness (QED) is 0.831. The van der Waals surface area contributed by atoms with Gasteiger partial charge in [0.15, 0.2) is 0 Å². The first kappa shape index (κ1) is 15.0. The molecule has 0 atom stereocenters. The van der Waals surface area contributed by atoms with E-state index in [2.05, 4.69) is 17.1 Å². The Balaban J connectivity index is 1.85. The van der Waals surface area contributed by atoms with Crippen LogP contribution in [0.25, 0.3) is 0 Å². The van der Waals surface area contributed by atoms with Gasteiger partial charge < -0.3 is 9.32 Å². The summed E-state index contributed by atoms with van der Waals surface area (Å²) in [5, 5.41) is 8.25. The lowest BCUT2D eigenvalue weighted by atomic mass is 9.96. The Bertz CT molecular complexity index is 434. The fourth-order valence-electron chi connectivity index (χ4n) is 2.51. The van der Waals surface area contributed by atoms with Crippen molar-refractivity contribution in [3.8, 4) is 0 Å². The molecule has 1 aromatic heterocycles. The molecule has 5 heteroatoms. The summed E-state index contributed by atoms with van der Waals surface area (Å²) in [7, 11) is 0. The third-order valence-electron chi connectivity index (χ3n) is 3.89. The molecule has 2 heterocycles. The van der Waals surface area contributed by atoms with Gasteiger partial charge in [0.25, 0.3) is 0 Å². The Morgan fingerprint density at radius 1 is 1.35 bits per heavy atom. The van der Waals surface area contributed by atoms with Gasteiger partial charge >= 0.3 is 0 Å². The lowest BCUT2D eigenvalue weighted by molar-refractivity contribution is -0.132. The summed E-state index contributed by atoms with van der Waals surface area (Å²) in [5.41, 5.74) is 0. The number of amides is 1. The molecular weight excluding hydrogens is 254 g/mol. The molecular formula is C15H25N3O2. The third-order valence-corrected chi connectivity index (χ3v) is 3.89. The fourth-order valence-corrected chi connectivity index (χ4v) is 2.51. The average molecular weight is 279 g/mol. The van der Waals surface area contributed by atoms with Crippen LogP contribution in [0.5, 0.6) is 0 Å². The van der Waals surface area contributed by atoms with Crippen molar-refractivity contribution in [2.24, 2.45) is 0 Å². The number of hydrogen-bond donors (Lipinski definition) is 0. The van der Waals surface area contributed by atoms with Crippen LogP contribution in [0.15, 0.2) is 4.42 Å². The van der Waals surface area contributed by atoms with Crippen LogP contribution in [0, 0.1) is 0 Å². The summed E-state index contributed by atoms with van der Waals surface area (Å²) in [6, 6.07) is 0. The summed E-state index contributed by atoms with van der Waals surface area (Å²) < 4.78 is 5.72. The van der Waals surface area contributed by atoms with E-state index in [1.165, 1.54) is 0 Å². The van der Waals surface area contributed by atoms with Crippen molar-refractivity contribution in [3.05, 3.63) is 11.8 Å². The second-order valence-electron chi connectivity index (χ2n) is 5.89. The number of carbonyl (C=O) groups excluding carboxylic acids is 1. The molecule has 112 valence electrons. The van der Waals surface area contributed by atoms with E-state index in [1.807, 2.05) is 18.7 Å². The number of piperidine rings is 1. The van der Waals surface area contributed by atoms with Gasteiger partial charge in [-0.2, -0.15) is 0 Å². The molecule has 0 spiro atoms. The molecule has 1 amide bonds. The fraction of sp³-hybridized carbons (Fsp3) is 0.800. The molecule has 5 nitrogen and oxygen atoms in total. The Morgan fingerprint density at radius 3 is 2.60 bits per heavy atom. The maximum absolute atomic E-state index is 12.0. The number of unbranched alkanes of at least 4 members (excludes halogenated alkanes) is 1. The summed E-state index contributed by atoms with van der Waals surface area (Å²) >= 11 is 0. The zero-order chi connectivity index (χ0) is 14.5. The van der Waals surface area contributed by atoms with Crippen LogP contribution in [0.3, 0.4) is 0 Å². The third kappa shape index (κ3) is 3.58. The van der Waals surface area contributed by atoms with Gasteiger partial charge in [-0.1, -0.05) is 27.2 Å². The van der Waals surface area contributed by atoms with Crippen molar-refractivity contribution >= 4 is 5.91 Å². The smallest absolute Gasteiger partial charge is 0.222 e. The number of carbonyl (C=O) groups is 1. The molecule has 0 aliphatic carbocycles. The average Bonchev–Trinajstić information content (AvgIpc) is 2.95. The van der Waals surface area contributed by atoms with Crippen LogP contribution in [-0.4, -0.2) is 34.1 Å². The highest BCUT2D eigenvalue weighted by Gasteiger charge is 2.27. The monoisotopic (exact) mass is 279 g/mol. The predicted molar refractivity (Wildman–Crippen MR) is 76.5 cm³/mol. The molecule has 0 radical (unpaired) electrons. The van der Waals surface area contributed by atoms with Crippen LogP contribution < -0.4 is 0 Å². The Kier molecular flexibility index (Phi) is 5.15. The standard InChI is InChI=1S/C15H25N3O2/c1-4-5-6-13(19)18-9-7-12(8-10-18)15-17-16-14(20-15)11(2)3/h11-12H,4-10H2,1-3H3. The van der Waals surface area contributed by atoms with E-state index in [-0.39, 0.29) is 5.92 Å². The number of rotatable bonds is 5. The normalized spacial score (nSPS) is 16.9. The second kappa shape index (κ2) is 6.86. The van der Waals surface area contributed by atoms with E-state index < -0.39 is 0 Å². The first-order chi connectivity index (χ1) is 9.61. The van der Waals surface area contributed by atoms with Gasteiger partial charge in [0, 0.05) is 31.3 Å². The molecule has 0 unspecified atom stereocenters. The molecule has 2 rings (SSSR count). The molecule has 1 aliphatic rings. The highest BCUT2D eigenvalue weighted by Crippen LogP contribution is 2.28. The lowest BCUT2D eigenvalue weighted by Crippen LogP contribution is -2.37. The van der Waals surface area contributed by atoms with Crippen molar-refractivity contribution in [2.75, 3.05) is 13.1 Å². The molecule has 20 heavy (non-hydrogen) atoms. The summed E-state index contributed by atoms with van der Waals surface area (Å²) in [6.07, 6.45) is 4.59. The van der Waals surface area contributed by atoms with Crippen molar-refractivity contribution in [1.29, 1.82) is 0 Å². The molecule has 1 saturated heterocycles. The van der Waals surface area contributed by atoms with E-state index in [1.54, 1.807) is 0 Å². The minimum atomic E-state index is 0.270. The van der Waals surface area contributed by atoms with Gasteiger partial charge in [-0.25, -0.2) is 0 Å². The minimum absolute atomic E-state index is 0.270. The zero-order valence-corrected chi connectivity index (χ0v) is 12.8. The van der Waals surface area contributed by atoms with Crippen molar-refractivity contribution in [2.45, 2.75) is 64.7 Å². The van der Waals surface area contributed by atoms with Crippen LogP contribution in [0.2, 0.25) is 0 Å². The number of hydrogen-bond acceptors (Lipinski definition) is 4. The molecule has 1 aliphatic heterocycles. The number of likely N-dealkylation sites (tertiary alicyclic amines) is 1. The highest BCUT2D eigenvalue weighted by atomic mass is 16.4. The van der Waals surface area contributed by atoms with Gasteiger partial charge in [-0.3, -0.25) is 4.79 Å². The van der Waals surface area contributed by atoms with Gasteiger partial charge in [-0.15, -0.1) is 10.2 Å². The van der Waals surface area contributed by atoms with E-state index >= 15 is 0 Å². The van der Waals surface area contributed by atoms with Crippen LogP contribution in [0.1, 0.15) is 76.5 Å². The van der Waals surface area contributed by atoms with E-state index in [9.17, 15) is 4.79 Å². The summed E-state index contributed by atoms with van der Waals surface area (Å²) in [6.45, 7) is 7.83. The SMILES string of the molecule is CCCCC(=O)N1CCC(c2nnc(C(C)C)o2)CC1. The van der Waals surface area contributed by atoms with Crippen LogP contribution in [0.4, 0.5) is 0 Å². The van der Waals surface area contributed by atoms with E-state index in [0.29, 0.717) is 24.1 Å². The molecule has 0 bridgehead atoms. The van der Waals surface area contributed by atoms with E-state index in [4.69, 9.17) is 4.42 Å². The molecule has 0 N–H and O–H groups in total. The highest BCUT2D eigenvalue weighted by molar-refractivity contribution is 5.76. The van der Waals surface area contributed by atoms with Crippen molar-refractivity contribution < 1.29 is 9.21 Å². The first-order valence-corrected chi connectivity index (χ1v) is 7.72. The number of nitrogens with zero attached hydrogens (tertiary/aromatic N) is 3. The Morgan fingerprint density at radius 2 is 2.05 bits per heavy atom. The molecule has 1 aromatic rings. The predicted octanol–water partition coefficient (Wildman–Crippen LogP) is 3.09. The maximum atomic E-state index is 12.0. The lowest BCUT2D eigenvalue weighted by Gasteiger charge is -2.30. The van der Waals surface area contributed by atoms with Crippen molar-refractivity contribution in [1.82, 2.24) is 15.1 Å². The van der Waals surface area contributed by atoms with E-state index in [0.717, 1.165) is 44.7 Å². The Hall–Kier alpha value is -1.39. The summed E-state index contributed by atoms with van der Waals surface area (Å²) in [5.74, 6) is 2.33. The molecule has 0 saturated carbocycles. The van der Waals surface area contributed by atoms with Gasteiger partial charge in [0.2, 0.25) is 17.7 Å². The second-order valence-corrected chi connectivity index (χ2v) is 5.89. The van der Waals surface area contributed by atoms with Crippen LogP contribution >= 0.6 is 0 Å². The minimum Gasteiger partial charge on any atom is -0.425 e. The maximum Gasteiger partial charge on any atom is 0.222 e. The zero-order valence-electron chi connectivity index (χ0n) is 12.8.